The molecule has 7 heteroatoms. The zero-order valence-electron chi connectivity index (χ0n) is 13.2. The van der Waals surface area contributed by atoms with E-state index in [-0.39, 0.29) is 11.3 Å². The first-order chi connectivity index (χ1) is 11.3. The number of carbonyl (C=O) groups excluding carboxylic acids is 1. The van der Waals surface area contributed by atoms with Gasteiger partial charge >= 0.3 is 0 Å². The van der Waals surface area contributed by atoms with Crippen molar-refractivity contribution < 1.29 is 19.2 Å². The molecule has 24 heavy (non-hydrogen) atoms. The number of nitrogens with one attached hydrogen (secondary N) is 1. The summed E-state index contributed by atoms with van der Waals surface area (Å²) in [5.41, 5.74) is 1.05. The van der Waals surface area contributed by atoms with Crippen molar-refractivity contribution in [3.63, 3.8) is 0 Å². The zero-order chi connectivity index (χ0) is 17.9. The van der Waals surface area contributed by atoms with Crippen LogP contribution in [0, 0.1) is 22.9 Å². The van der Waals surface area contributed by atoms with Crippen LogP contribution in [-0.2, 0) is 0 Å². The van der Waals surface area contributed by atoms with E-state index in [1.165, 1.54) is 42.5 Å². The van der Waals surface area contributed by atoms with E-state index >= 15 is 0 Å². The molecule has 0 saturated carbocycles. The minimum atomic E-state index is -1.01. The Morgan fingerprint density at radius 3 is 2.42 bits per heavy atom. The number of aliphatic hydroxyl groups excluding tert-OH is 1. The van der Waals surface area contributed by atoms with Crippen molar-refractivity contribution in [2.75, 3.05) is 0 Å². The lowest BCUT2D eigenvalue weighted by Crippen LogP contribution is -2.37. The Morgan fingerprint density at radius 1 is 1.25 bits per heavy atom. The predicted octanol–water partition coefficient (Wildman–Crippen LogP) is 2.89. The minimum Gasteiger partial charge on any atom is -0.386 e. The van der Waals surface area contributed by atoms with Crippen molar-refractivity contribution in [3.05, 3.63) is 75.1 Å². The zero-order valence-corrected chi connectivity index (χ0v) is 13.2. The number of hydrogen-bond donors (Lipinski definition) is 2. The summed E-state index contributed by atoms with van der Waals surface area (Å²) in [5.74, 6) is -0.870. The Labute approximate surface area is 138 Å². The highest BCUT2D eigenvalue weighted by molar-refractivity contribution is 5.94. The molecule has 2 rings (SSSR count). The smallest absolute Gasteiger partial charge is 0.272 e. The molecule has 0 unspecified atom stereocenters. The van der Waals surface area contributed by atoms with E-state index in [9.17, 15) is 24.4 Å². The van der Waals surface area contributed by atoms with Crippen LogP contribution in [0.2, 0.25) is 0 Å². The van der Waals surface area contributed by atoms with E-state index < -0.39 is 28.8 Å². The monoisotopic (exact) mass is 332 g/mol. The first-order valence-electron chi connectivity index (χ1n) is 7.29. The van der Waals surface area contributed by atoms with E-state index in [0.717, 1.165) is 0 Å². The van der Waals surface area contributed by atoms with Gasteiger partial charge in [-0.3, -0.25) is 14.9 Å². The second-order valence-corrected chi connectivity index (χ2v) is 5.52. The van der Waals surface area contributed by atoms with Crippen LogP contribution < -0.4 is 5.32 Å². The molecular formula is C17H17FN2O4. The highest BCUT2D eigenvalue weighted by atomic mass is 19.1. The fraction of sp³-hybridized carbons (Fsp3) is 0.235. The van der Waals surface area contributed by atoms with Crippen LogP contribution in [0.15, 0.2) is 42.5 Å². The third kappa shape index (κ3) is 3.94. The van der Waals surface area contributed by atoms with Crippen LogP contribution in [0.1, 0.15) is 34.5 Å². The Bertz CT molecular complexity index is 762. The van der Waals surface area contributed by atoms with Gasteiger partial charge in [0.15, 0.2) is 0 Å². The Hall–Kier alpha value is -2.80. The Balaban J connectivity index is 2.09. The number of halogens is 1. The van der Waals surface area contributed by atoms with Crippen LogP contribution in [0.4, 0.5) is 10.1 Å². The number of hydrogen-bond acceptors (Lipinski definition) is 4. The topological polar surface area (TPSA) is 92.5 Å². The van der Waals surface area contributed by atoms with E-state index in [1.807, 2.05) is 0 Å². The van der Waals surface area contributed by atoms with Crippen LogP contribution in [-0.4, -0.2) is 22.0 Å². The van der Waals surface area contributed by atoms with E-state index in [1.54, 1.807) is 13.8 Å². The van der Waals surface area contributed by atoms with E-state index in [4.69, 9.17) is 0 Å². The summed E-state index contributed by atoms with van der Waals surface area (Å²) in [6.45, 7) is 3.16. The first kappa shape index (κ1) is 17.6. The summed E-state index contributed by atoms with van der Waals surface area (Å²) in [6.07, 6.45) is -1.01. The van der Waals surface area contributed by atoms with Gasteiger partial charge in [-0.05, 0) is 43.7 Å². The molecule has 2 atom stereocenters. The summed E-state index contributed by atoms with van der Waals surface area (Å²) in [7, 11) is 0. The van der Waals surface area contributed by atoms with Crippen molar-refractivity contribution in [1.82, 2.24) is 5.32 Å². The number of nitrogens with zero attached hydrogens (tertiary/aromatic N) is 1. The lowest BCUT2D eigenvalue weighted by atomic mass is 10.0. The molecule has 2 N–H and O–H groups in total. The lowest BCUT2D eigenvalue weighted by molar-refractivity contribution is -0.385. The van der Waals surface area contributed by atoms with Crippen molar-refractivity contribution in [2.45, 2.75) is 26.0 Å². The molecule has 126 valence electrons. The van der Waals surface area contributed by atoms with Crippen LogP contribution in [0.5, 0.6) is 0 Å². The molecule has 0 saturated heterocycles. The van der Waals surface area contributed by atoms with E-state index in [0.29, 0.717) is 11.1 Å². The van der Waals surface area contributed by atoms with Gasteiger partial charge in [0.2, 0.25) is 0 Å². The second kappa shape index (κ2) is 7.18. The fourth-order valence-corrected chi connectivity index (χ4v) is 2.32. The van der Waals surface area contributed by atoms with Gasteiger partial charge in [0.1, 0.15) is 5.82 Å². The number of nitro groups is 1. The molecule has 2 aromatic rings. The number of aliphatic hydroxyl groups is 1. The number of nitro benzene ring substituents is 1. The average molecular weight is 332 g/mol. The molecule has 6 nitrogen and oxygen atoms in total. The Morgan fingerprint density at radius 2 is 1.88 bits per heavy atom. The van der Waals surface area contributed by atoms with Crippen molar-refractivity contribution in [2.24, 2.45) is 0 Å². The third-order valence-corrected chi connectivity index (χ3v) is 3.70. The van der Waals surface area contributed by atoms with Gasteiger partial charge in [-0.2, -0.15) is 0 Å². The summed E-state index contributed by atoms with van der Waals surface area (Å²) in [5, 5.41) is 23.6. The molecular weight excluding hydrogens is 315 g/mol. The first-order valence-corrected chi connectivity index (χ1v) is 7.29. The molecule has 0 aromatic heterocycles. The van der Waals surface area contributed by atoms with Crippen molar-refractivity contribution >= 4 is 11.6 Å². The fourth-order valence-electron chi connectivity index (χ4n) is 2.32. The second-order valence-electron chi connectivity index (χ2n) is 5.52. The molecule has 0 spiro atoms. The lowest BCUT2D eigenvalue weighted by Gasteiger charge is -2.20. The summed E-state index contributed by atoms with van der Waals surface area (Å²) in [6, 6.07) is 8.77. The van der Waals surface area contributed by atoms with Crippen LogP contribution in [0.25, 0.3) is 0 Å². The van der Waals surface area contributed by atoms with Gasteiger partial charge in [0, 0.05) is 17.2 Å². The Kier molecular flexibility index (Phi) is 5.25. The summed E-state index contributed by atoms with van der Waals surface area (Å²) >= 11 is 0. The van der Waals surface area contributed by atoms with E-state index in [2.05, 4.69) is 5.32 Å². The van der Waals surface area contributed by atoms with Gasteiger partial charge in [-0.25, -0.2) is 4.39 Å². The average Bonchev–Trinajstić information content (AvgIpc) is 2.54. The molecule has 0 bridgehead atoms. The predicted molar refractivity (Wildman–Crippen MR) is 86.1 cm³/mol. The third-order valence-electron chi connectivity index (χ3n) is 3.70. The summed E-state index contributed by atoms with van der Waals surface area (Å²) in [4.78, 5) is 22.5. The summed E-state index contributed by atoms with van der Waals surface area (Å²) < 4.78 is 12.9. The van der Waals surface area contributed by atoms with Gasteiger partial charge in [0.25, 0.3) is 11.6 Å². The molecule has 0 fully saturated rings. The van der Waals surface area contributed by atoms with Crippen LogP contribution >= 0.6 is 0 Å². The van der Waals surface area contributed by atoms with Gasteiger partial charge in [0.05, 0.1) is 17.1 Å². The van der Waals surface area contributed by atoms with Crippen molar-refractivity contribution in [3.8, 4) is 0 Å². The normalized spacial score (nSPS) is 13.2. The number of aryl methyl sites for hydroxylation is 1. The maximum Gasteiger partial charge on any atom is 0.272 e. The molecule has 0 aliphatic carbocycles. The molecule has 0 aliphatic heterocycles. The standard InChI is InChI=1S/C17H17FN2O4/c1-10-9-13(5-8-15(10)20(23)24)17(22)19-11(2)16(21)12-3-6-14(18)7-4-12/h3-9,11,16,21H,1-2H3,(H,19,22)/t11-,16+/m1/s1. The van der Waals surface area contributed by atoms with Gasteiger partial charge in [-0.1, -0.05) is 12.1 Å². The molecule has 2 aromatic carbocycles. The number of benzene rings is 2. The molecule has 0 radical (unpaired) electrons. The molecule has 0 aliphatic rings. The maximum atomic E-state index is 12.9. The van der Waals surface area contributed by atoms with Gasteiger partial charge < -0.3 is 10.4 Å². The highest BCUT2D eigenvalue weighted by Crippen LogP contribution is 2.20. The maximum absolute atomic E-state index is 12.9. The van der Waals surface area contributed by atoms with Crippen LogP contribution in [0.3, 0.4) is 0 Å². The number of carbonyl (C=O) groups is 1. The SMILES string of the molecule is Cc1cc(C(=O)N[C@H](C)[C@H](O)c2ccc(F)cc2)ccc1[N+](=O)[O-]. The number of rotatable bonds is 5. The quantitative estimate of drug-likeness (QED) is 0.650. The van der Waals surface area contributed by atoms with Gasteiger partial charge in [-0.15, -0.1) is 0 Å². The highest BCUT2D eigenvalue weighted by Gasteiger charge is 2.20. The molecule has 1 amide bonds. The number of amides is 1. The van der Waals surface area contributed by atoms with Crippen molar-refractivity contribution in [1.29, 1.82) is 0 Å². The minimum absolute atomic E-state index is 0.0639. The largest absolute Gasteiger partial charge is 0.386 e. The molecule has 0 heterocycles.